The van der Waals surface area contributed by atoms with Gasteiger partial charge in [0.15, 0.2) is 15.9 Å². The number of rotatable bonds is 4. The number of anilines is 1. The average molecular weight is 356 g/mol. The molecule has 0 N–H and O–H groups in total. The zero-order chi connectivity index (χ0) is 18.0. The van der Waals surface area contributed by atoms with E-state index < -0.39 is 15.9 Å². The highest BCUT2D eigenvalue weighted by molar-refractivity contribution is 7.90. The Morgan fingerprint density at radius 2 is 1.68 bits per heavy atom. The van der Waals surface area contributed by atoms with Crippen LogP contribution in [-0.4, -0.2) is 32.3 Å². The fourth-order valence-corrected chi connectivity index (χ4v) is 2.96. The first-order valence-electron chi connectivity index (χ1n) is 7.51. The van der Waals surface area contributed by atoms with Gasteiger partial charge in [0.05, 0.1) is 22.0 Å². The van der Waals surface area contributed by atoms with Crippen LogP contribution in [0.4, 0.5) is 11.4 Å². The van der Waals surface area contributed by atoms with Crippen molar-refractivity contribution in [1.82, 2.24) is 0 Å². The second-order valence-corrected chi connectivity index (χ2v) is 7.63. The van der Waals surface area contributed by atoms with Gasteiger partial charge in [0.2, 0.25) is 0 Å². The van der Waals surface area contributed by atoms with Crippen molar-refractivity contribution in [2.75, 3.05) is 11.3 Å². The van der Waals surface area contributed by atoms with Gasteiger partial charge in [-0.2, -0.15) is 20.3 Å². The summed E-state index contributed by atoms with van der Waals surface area (Å²) in [6.45, 7) is 1.72. The van der Waals surface area contributed by atoms with E-state index in [1.165, 1.54) is 17.1 Å². The Hall–Kier alpha value is -2.87. The van der Waals surface area contributed by atoms with Gasteiger partial charge in [0, 0.05) is 6.26 Å². The summed E-state index contributed by atoms with van der Waals surface area (Å²) in [6, 6.07) is 14.3. The van der Waals surface area contributed by atoms with Gasteiger partial charge in [0.25, 0.3) is 5.91 Å². The molecule has 1 atom stereocenters. The van der Waals surface area contributed by atoms with E-state index in [1.54, 1.807) is 31.2 Å². The molecule has 0 aliphatic carbocycles. The van der Waals surface area contributed by atoms with E-state index in [9.17, 15) is 13.2 Å². The number of nitrogens with zero attached hydrogens (tertiary/aromatic N) is 4. The summed E-state index contributed by atoms with van der Waals surface area (Å²) in [5, 5.41) is 13.7. The fourth-order valence-electron chi connectivity index (χ4n) is 2.33. The highest BCUT2D eigenvalue weighted by Crippen LogP contribution is 2.23. The molecule has 8 heteroatoms. The molecule has 0 saturated heterocycles. The maximum atomic E-state index is 12.5. The molecule has 0 radical (unpaired) electrons. The molecular weight excluding hydrogens is 340 g/mol. The summed E-state index contributed by atoms with van der Waals surface area (Å²) < 4.78 is 22.9. The number of para-hydroxylation sites is 1. The molecule has 128 valence electrons. The summed E-state index contributed by atoms with van der Waals surface area (Å²) in [4.78, 5) is 12.7. The van der Waals surface area contributed by atoms with Crippen LogP contribution in [0.1, 0.15) is 6.92 Å². The summed E-state index contributed by atoms with van der Waals surface area (Å²) in [6.07, 6.45) is 1.14. The molecule has 0 fully saturated rings. The number of amides is 1. The van der Waals surface area contributed by atoms with Crippen molar-refractivity contribution in [3.63, 3.8) is 0 Å². The first-order valence-corrected chi connectivity index (χ1v) is 9.40. The van der Waals surface area contributed by atoms with Gasteiger partial charge in [-0.3, -0.25) is 4.79 Å². The molecule has 0 unspecified atom stereocenters. The molecule has 3 rings (SSSR count). The van der Waals surface area contributed by atoms with Crippen LogP contribution in [0.25, 0.3) is 0 Å². The normalized spacial score (nSPS) is 18.0. The number of hydrazone groups is 1. The Labute approximate surface area is 145 Å². The van der Waals surface area contributed by atoms with Crippen LogP contribution in [0.15, 0.2) is 74.8 Å². The van der Waals surface area contributed by atoms with Gasteiger partial charge in [0.1, 0.15) is 0 Å². The van der Waals surface area contributed by atoms with E-state index in [4.69, 9.17) is 0 Å². The van der Waals surface area contributed by atoms with Gasteiger partial charge in [-0.15, -0.1) is 0 Å². The number of benzene rings is 2. The molecule has 2 aromatic rings. The molecule has 1 aliphatic heterocycles. The quantitative estimate of drug-likeness (QED) is 0.789. The summed E-state index contributed by atoms with van der Waals surface area (Å²) in [7, 11) is -3.26. The first kappa shape index (κ1) is 17.0. The number of sulfone groups is 1. The van der Waals surface area contributed by atoms with Gasteiger partial charge < -0.3 is 0 Å². The van der Waals surface area contributed by atoms with Crippen molar-refractivity contribution in [2.24, 2.45) is 15.3 Å². The second-order valence-electron chi connectivity index (χ2n) is 5.61. The highest BCUT2D eigenvalue weighted by Gasteiger charge is 2.34. The summed E-state index contributed by atoms with van der Waals surface area (Å²) in [5.41, 5.74) is 1.68. The zero-order valence-electron chi connectivity index (χ0n) is 13.7. The van der Waals surface area contributed by atoms with E-state index in [0.29, 0.717) is 17.1 Å². The number of carbonyl (C=O) groups excluding carboxylic acids is 1. The van der Waals surface area contributed by atoms with Crippen LogP contribution in [0, 0.1) is 0 Å². The van der Waals surface area contributed by atoms with Crippen LogP contribution in [0.2, 0.25) is 0 Å². The highest BCUT2D eigenvalue weighted by atomic mass is 32.2. The topological polar surface area (TPSA) is 91.5 Å². The number of azo groups is 1. The number of hydrogen-bond acceptors (Lipinski definition) is 6. The van der Waals surface area contributed by atoms with Gasteiger partial charge in [-0.25, -0.2) is 8.42 Å². The lowest BCUT2D eigenvalue weighted by atomic mass is 10.2. The van der Waals surface area contributed by atoms with Crippen LogP contribution >= 0.6 is 0 Å². The Kier molecular flexibility index (Phi) is 4.45. The first-order chi connectivity index (χ1) is 11.9. The third kappa shape index (κ3) is 3.63. The molecule has 1 amide bonds. The molecule has 25 heavy (non-hydrogen) atoms. The van der Waals surface area contributed by atoms with Crippen LogP contribution < -0.4 is 5.01 Å². The molecule has 1 heterocycles. The summed E-state index contributed by atoms with van der Waals surface area (Å²) >= 11 is 0. The van der Waals surface area contributed by atoms with Crippen LogP contribution in [0.3, 0.4) is 0 Å². The zero-order valence-corrected chi connectivity index (χ0v) is 14.5. The van der Waals surface area contributed by atoms with E-state index in [0.717, 1.165) is 6.26 Å². The third-order valence-corrected chi connectivity index (χ3v) is 4.78. The van der Waals surface area contributed by atoms with E-state index >= 15 is 0 Å². The standard InChI is InChI=1S/C17H16N4O3S/c1-12-16(17(22)21(20-12)14-6-4-3-5-7-14)19-18-13-8-10-15(11-9-13)25(2,23)24/h3-11,16H,1-2H3/t16-/m1/s1. The maximum absolute atomic E-state index is 12.5. The van der Waals surface area contributed by atoms with Crippen molar-refractivity contribution in [2.45, 2.75) is 17.9 Å². The van der Waals surface area contributed by atoms with Crippen molar-refractivity contribution >= 4 is 32.8 Å². The van der Waals surface area contributed by atoms with Crippen molar-refractivity contribution in [1.29, 1.82) is 0 Å². The van der Waals surface area contributed by atoms with E-state index in [2.05, 4.69) is 15.3 Å². The number of hydrogen-bond donors (Lipinski definition) is 0. The fraction of sp³-hybridized carbons (Fsp3) is 0.176. The van der Waals surface area contributed by atoms with E-state index in [-0.39, 0.29) is 10.8 Å². The van der Waals surface area contributed by atoms with Crippen LogP contribution in [0.5, 0.6) is 0 Å². The van der Waals surface area contributed by atoms with Crippen molar-refractivity contribution < 1.29 is 13.2 Å². The Morgan fingerprint density at radius 3 is 2.28 bits per heavy atom. The minimum Gasteiger partial charge on any atom is -0.269 e. The van der Waals surface area contributed by atoms with E-state index in [1.807, 2.05) is 18.2 Å². The molecule has 1 aliphatic rings. The minimum atomic E-state index is -3.26. The monoisotopic (exact) mass is 356 g/mol. The third-order valence-electron chi connectivity index (χ3n) is 3.65. The lowest BCUT2D eigenvalue weighted by Gasteiger charge is -2.11. The SMILES string of the molecule is CC1=NN(c2ccccc2)C(=O)[C@@H]1N=Nc1ccc(S(C)(=O)=O)cc1. The predicted molar refractivity (Wildman–Crippen MR) is 94.9 cm³/mol. The van der Waals surface area contributed by atoms with Crippen molar-refractivity contribution in [3.8, 4) is 0 Å². The molecule has 0 aromatic heterocycles. The lowest BCUT2D eigenvalue weighted by molar-refractivity contribution is -0.117. The predicted octanol–water partition coefficient (Wildman–Crippen LogP) is 2.97. The molecule has 0 saturated carbocycles. The molecule has 0 spiro atoms. The van der Waals surface area contributed by atoms with Crippen molar-refractivity contribution in [3.05, 3.63) is 54.6 Å². The largest absolute Gasteiger partial charge is 0.280 e. The Morgan fingerprint density at radius 1 is 1.04 bits per heavy atom. The molecular formula is C17H16N4O3S. The minimum absolute atomic E-state index is 0.205. The Balaban J connectivity index is 1.78. The van der Waals surface area contributed by atoms with Gasteiger partial charge >= 0.3 is 0 Å². The molecule has 0 bridgehead atoms. The lowest BCUT2D eigenvalue weighted by Crippen LogP contribution is -2.29. The molecule has 7 nitrogen and oxygen atoms in total. The average Bonchev–Trinajstić information content (AvgIpc) is 2.88. The maximum Gasteiger partial charge on any atom is 0.280 e. The smallest absolute Gasteiger partial charge is 0.269 e. The van der Waals surface area contributed by atoms with Crippen LogP contribution in [-0.2, 0) is 14.6 Å². The molecule has 2 aromatic carbocycles. The summed E-state index contributed by atoms with van der Waals surface area (Å²) in [5.74, 6) is -0.278. The second kappa shape index (κ2) is 6.56. The Bertz CT molecular complexity index is 951. The number of carbonyl (C=O) groups is 1. The van der Waals surface area contributed by atoms with Gasteiger partial charge in [-0.05, 0) is 43.3 Å². The van der Waals surface area contributed by atoms with Gasteiger partial charge in [-0.1, -0.05) is 18.2 Å².